The standard InChI is InChI=1S/C8H14N2O/c1-6-2-4-7(9)10-8(11)5-3-6/h2,4,6-7H,3,5,9H2,1H3,(H,10,11). The quantitative estimate of drug-likeness (QED) is 0.495. The summed E-state index contributed by atoms with van der Waals surface area (Å²) in [5, 5.41) is 2.65. The van der Waals surface area contributed by atoms with E-state index in [2.05, 4.69) is 12.2 Å². The van der Waals surface area contributed by atoms with E-state index < -0.39 is 0 Å². The molecule has 0 saturated carbocycles. The van der Waals surface area contributed by atoms with Crippen LogP contribution in [0.2, 0.25) is 0 Å². The highest BCUT2D eigenvalue weighted by Crippen LogP contribution is 2.09. The monoisotopic (exact) mass is 154 g/mol. The van der Waals surface area contributed by atoms with E-state index in [9.17, 15) is 4.79 Å². The molecule has 0 spiro atoms. The third-order valence-corrected chi connectivity index (χ3v) is 1.80. The summed E-state index contributed by atoms with van der Waals surface area (Å²) in [4.78, 5) is 11.0. The maximum absolute atomic E-state index is 11.0. The largest absolute Gasteiger partial charge is 0.337 e. The zero-order valence-electron chi connectivity index (χ0n) is 6.71. The van der Waals surface area contributed by atoms with Crippen molar-refractivity contribution in [3.8, 4) is 0 Å². The number of hydrogen-bond acceptors (Lipinski definition) is 2. The van der Waals surface area contributed by atoms with Crippen LogP contribution in [0.1, 0.15) is 19.8 Å². The van der Waals surface area contributed by atoms with Crippen LogP contribution in [0.5, 0.6) is 0 Å². The third kappa shape index (κ3) is 2.72. The van der Waals surface area contributed by atoms with Crippen molar-refractivity contribution in [1.29, 1.82) is 0 Å². The van der Waals surface area contributed by atoms with Gasteiger partial charge in [-0.1, -0.05) is 19.1 Å². The van der Waals surface area contributed by atoms with Crippen LogP contribution in [0.3, 0.4) is 0 Å². The molecule has 3 heteroatoms. The number of hydrogen-bond donors (Lipinski definition) is 2. The SMILES string of the molecule is CC1C=CC(N)NC(=O)CC1. The van der Waals surface area contributed by atoms with Crippen LogP contribution in [0, 0.1) is 5.92 Å². The van der Waals surface area contributed by atoms with Gasteiger partial charge in [-0.15, -0.1) is 0 Å². The van der Waals surface area contributed by atoms with Crippen molar-refractivity contribution in [2.45, 2.75) is 25.9 Å². The fourth-order valence-electron chi connectivity index (χ4n) is 1.07. The second-order valence-corrected chi connectivity index (χ2v) is 2.99. The molecule has 0 radical (unpaired) electrons. The molecule has 0 aromatic heterocycles. The van der Waals surface area contributed by atoms with Crippen LogP contribution in [-0.4, -0.2) is 12.1 Å². The minimum Gasteiger partial charge on any atom is -0.337 e. The van der Waals surface area contributed by atoms with E-state index in [0.29, 0.717) is 12.3 Å². The van der Waals surface area contributed by atoms with Crippen LogP contribution < -0.4 is 11.1 Å². The summed E-state index contributed by atoms with van der Waals surface area (Å²) in [6.07, 6.45) is 5.07. The molecule has 0 aliphatic carbocycles. The molecule has 3 nitrogen and oxygen atoms in total. The van der Waals surface area contributed by atoms with Gasteiger partial charge in [0, 0.05) is 6.42 Å². The van der Waals surface area contributed by atoms with E-state index in [0.717, 1.165) is 6.42 Å². The van der Waals surface area contributed by atoms with Crippen LogP contribution in [0.15, 0.2) is 12.2 Å². The Labute approximate surface area is 66.6 Å². The van der Waals surface area contributed by atoms with E-state index in [4.69, 9.17) is 5.73 Å². The zero-order chi connectivity index (χ0) is 8.27. The fourth-order valence-corrected chi connectivity index (χ4v) is 1.07. The molecule has 11 heavy (non-hydrogen) atoms. The summed E-state index contributed by atoms with van der Waals surface area (Å²) in [5.41, 5.74) is 5.54. The van der Waals surface area contributed by atoms with E-state index in [1.807, 2.05) is 12.2 Å². The van der Waals surface area contributed by atoms with Gasteiger partial charge in [-0.25, -0.2) is 0 Å². The summed E-state index contributed by atoms with van der Waals surface area (Å²) in [6.45, 7) is 2.09. The number of amides is 1. The Morgan fingerprint density at radius 2 is 2.36 bits per heavy atom. The summed E-state index contributed by atoms with van der Waals surface area (Å²) >= 11 is 0. The summed E-state index contributed by atoms with van der Waals surface area (Å²) in [5.74, 6) is 0.515. The lowest BCUT2D eigenvalue weighted by atomic mass is 10.0. The first-order chi connectivity index (χ1) is 5.18. The highest BCUT2D eigenvalue weighted by molar-refractivity contribution is 5.76. The Bertz CT molecular complexity index is 177. The van der Waals surface area contributed by atoms with E-state index in [-0.39, 0.29) is 12.1 Å². The van der Waals surface area contributed by atoms with Crippen molar-refractivity contribution >= 4 is 5.91 Å². The predicted molar refractivity (Wildman–Crippen MR) is 43.7 cm³/mol. The molecular formula is C8H14N2O. The average molecular weight is 154 g/mol. The van der Waals surface area contributed by atoms with Gasteiger partial charge in [0.15, 0.2) is 0 Å². The lowest BCUT2D eigenvalue weighted by molar-refractivity contribution is -0.121. The highest BCUT2D eigenvalue weighted by atomic mass is 16.1. The molecule has 0 bridgehead atoms. The normalized spacial score (nSPS) is 32.4. The Kier molecular flexibility index (Phi) is 2.65. The molecule has 0 saturated heterocycles. The van der Waals surface area contributed by atoms with Crippen molar-refractivity contribution in [2.75, 3.05) is 0 Å². The fraction of sp³-hybridized carbons (Fsp3) is 0.625. The van der Waals surface area contributed by atoms with Gasteiger partial charge >= 0.3 is 0 Å². The number of rotatable bonds is 0. The zero-order valence-corrected chi connectivity index (χ0v) is 6.71. The van der Waals surface area contributed by atoms with Crippen molar-refractivity contribution in [2.24, 2.45) is 11.7 Å². The summed E-state index contributed by atoms with van der Waals surface area (Å²) in [6, 6.07) is 0. The molecule has 2 atom stereocenters. The molecule has 2 unspecified atom stereocenters. The molecule has 1 amide bonds. The molecule has 0 fully saturated rings. The molecule has 0 aromatic carbocycles. The molecule has 1 aliphatic heterocycles. The number of carbonyl (C=O) groups is 1. The Morgan fingerprint density at radius 3 is 3.09 bits per heavy atom. The summed E-state index contributed by atoms with van der Waals surface area (Å²) in [7, 11) is 0. The summed E-state index contributed by atoms with van der Waals surface area (Å²) < 4.78 is 0. The molecular weight excluding hydrogens is 140 g/mol. The third-order valence-electron chi connectivity index (χ3n) is 1.80. The highest BCUT2D eigenvalue weighted by Gasteiger charge is 2.09. The number of carbonyl (C=O) groups excluding carboxylic acids is 1. The van der Waals surface area contributed by atoms with Crippen molar-refractivity contribution < 1.29 is 4.79 Å². The van der Waals surface area contributed by atoms with Crippen LogP contribution >= 0.6 is 0 Å². The van der Waals surface area contributed by atoms with Crippen molar-refractivity contribution in [1.82, 2.24) is 5.32 Å². The maximum atomic E-state index is 11.0. The van der Waals surface area contributed by atoms with E-state index in [1.165, 1.54) is 0 Å². The molecule has 1 rings (SSSR count). The Morgan fingerprint density at radius 1 is 1.64 bits per heavy atom. The number of nitrogens with two attached hydrogens (primary N) is 1. The van der Waals surface area contributed by atoms with Gasteiger partial charge in [0.25, 0.3) is 0 Å². The van der Waals surface area contributed by atoms with E-state index in [1.54, 1.807) is 0 Å². The lowest BCUT2D eigenvalue weighted by Gasteiger charge is -2.15. The molecule has 0 aromatic rings. The minimum absolute atomic E-state index is 0.0497. The molecule has 3 N–H and O–H groups in total. The second kappa shape index (κ2) is 3.53. The Balaban J connectivity index is 2.57. The first-order valence-electron chi connectivity index (χ1n) is 3.92. The smallest absolute Gasteiger partial charge is 0.221 e. The van der Waals surface area contributed by atoms with Gasteiger partial charge in [0.05, 0.1) is 6.17 Å². The van der Waals surface area contributed by atoms with Gasteiger partial charge in [0.1, 0.15) is 0 Å². The first kappa shape index (κ1) is 8.27. The van der Waals surface area contributed by atoms with Crippen molar-refractivity contribution in [3.05, 3.63) is 12.2 Å². The molecule has 1 aliphatic rings. The second-order valence-electron chi connectivity index (χ2n) is 2.99. The number of nitrogens with one attached hydrogen (secondary N) is 1. The molecule has 1 heterocycles. The topological polar surface area (TPSA) is 55.1 Å². The first-order valence-corrected chi connectivity index (χ1v) is 3.92. The predicted octanol–water partition coefficient (Wildman–Crippen LogP) is 0.373. The average Bonchev–Trinajstić information content (AvgIpc) is 1.95. The van der Waals surface area contributed by atoms with Crippen LogP contribution in [0.25, 0.3) is 0 Å². The Hall–Kier alpha value is -0.830. The van der Waals surface area contributed by atoms with Gasteiger partial charge < -0.3 is 11.1 Å². The van der Waals surface area contributed by atoms with Gasteiger partial charge in [-0.3, -0.25) is 4.79 Å². The van der Waals surface area contributed by atoms with Gasteiger partial charge in [-0.2, -0.15) is 0 Å². The van der Waals surface area contributed by atoms with Gasteiger partial charge in [-0.05, 0) is 12.3 Å². The van der Waals surface area contributed by atoms with Gasteiger partial charge in [0.2, 0.25) is 5.91 Å². The minimum atomic E-state index is -0.301. The maximum Gasteiger partial charge on any atom is 0.221 e. The lowest BCUT2D eigenvalue weighted by Crippen LogP contribution is -2.40. The number of allylic oxidation sites excluding steroid dienone is 1. The van der Waals surface area contributed by atoms with Crippen LogP contribution in [-0.2, 0) is 4.79 Å². The molecule has 62 valence electrons. The van der Waals surface area contributed by atoms with Crippen LogP contribution in [0.4, 0.5) is 0 Å². The van der Waals surface area contributed by atoms with Crippen molar-refractivity contribution in [3.63, 3.8) is 0 Å². The van der Waals surface area contributed by atoms with E-state index >= 15 is 0 Å².